The van der Waals surface area contributed by atoms with E-state index >= 15 is 0 Å². The summed E-state index contributed by atoms with van der Waals surface area (Å²) in [5, 5.41) is 0. The number of carbonyl (C=O) groups excluding carboxylic acids is 1. The Kier molecular flexibility index (Phi) is 3.38. The van der Waals surface area contributed by atoms with Crippen LogP contribution in [0.25, 0.3) is 0 Å². The van der Waals surface area contributed by atoms with Gasteiger partial charge in [-0.3, -0.25) is 4.79 Å². The lowest BCUT2D eigenvalue weighted by Crippen LogP contribution is -2.20. The Morgan fingerprint density at radius 3 is 2.65 bits per heavy atom. The number of hydrogen-bond donors (Lipinski definition) is 0. The number of halogens is 1. The summed E-state index contributed by atoms with van der Waals surface area (Å²) >= 11 is 3.42. The first-order valence-electron chi connectivity index (χ1n) is 6.61. The number of fused-ring (bicyclic) bond motifs is 1. The second-order valence-electron chi connectivity index (χ2n) is 5.22. The molecule has 0 spiro atoms. The fraction of sp³-hybridized carbons (Fsp3) is 0.235. The molecule has 0 saturated heterocycles. The Morgan fingerprint density at radius 1 is 1.10 bits per heavy atom. The third-order valence-electron chi connectivity index (χ3n) is 3.79. The third kappa shape index (κ3) is 2.38. The van der Waals surface area contributed by atoms with E-state index < -0.39 is 0 Å². The van der Waals surface area contributed by atoms with Gasteiger partial charge in [-0.15, -0.1) is 0 Å². The smallest absolute Gasteiger partial charge is 0.170 e. The fourth-order valence-corrected chi connectivity index (χ4v) is 2.79. The first-order valence-corrected chi connectivity index (χ1v) is 7.40. The van der Waals surface area contributed by atoms with E-state index in [0.29, 0.717) is 17.7 Å². The van der Waals surface area contributed by atoms with Crippen molar-refractivity contribution in [2.75, 3.05) is 0 Å². The molecule has 0 aromatic heterocycles. The van der Waals surface area contributed by atoms with E-state index in [1.165, 1.54) is 11.1 Å². The summed E-state index contributed by atoms with van der Waals surface area (Å²) < 4.78 is 6.93. The van der Waals surface area contributed by atoms with Gasteiger partial charge in [-0.1, -0.05) is 34.1 Å². The van der Waals surface area contributed by atoms with Gasteiger partial charge in [0.2, 0.25) is 0 Å². The Hall–Kier alpha value is -1.61. The lowest BCUT2D eigenvalue weighted by Gasteiger charge is -2.26. The maximum absolute atomic E-state index is 12.2. The molecule has 2 nitrogen and oxygen atoms in total. The predicted molar refractivity (Wildman–Crippen MR) is 82.4 cm³/mol. The second kappa shape index (κ2) is 5.06. The lowest BCUT2D eigenvalue weighted by molar-refractivity contribution is 0.0850. The van der Waals surface area contributed by atoms with Crippen LogP contribution < -0.4 is 4.74 Å². The molecule has 1 heterocycles. The van der Waals surface area contributed by atoms with Crippen LogP contribution in [0.4, 0.5) is 0 Å². The maximum Gasteiger partial charge on any atom is 0.170 e. The van der Waals surface area contributed by atoms with Crippen LogP contribution in [0.3, 0.4) is 0 Å². The zero-order chi connectivity index (χ0) is 14.3. The molecule has 3 heteroatoms. The monoisotopic (exact) mass is 330 g/mol. The summed E-state index contributed by atoms with van der Waals surface area (Å²) in [5.74, 6) is 0.806. The predicted octanol–water partition coefficient (Wildman–Crippen LogP) is 4.77. The maximum atomic E-state index is 12.2. The van der Waals surface area contributed by atoms with Crippen molar-refractivity contribution in [3.8, 4) is 5.75 Å². The zero-order valence-electron chi connectivity index (χ0n) is 11.4. The average Bonchev–Trinajstić information content (AvgIpc) is 2.41. The molecule has 0 saturated carbocycles. The van der Waals surface area contributed by atoms with Crippen LogP contribution in [0.2, 0.25) is 0 Å². The zero-order valence-corrected chi connectivity index (χ0v) is 13.0. The summed E-state index contributed by atoms with van der Waals surface area (Å²) in [7, 11) is 0. The summed E-state index contributed by atoms with van der Waals surface area (Å²) in [6, 6.07) is 11.8. The minimum atomic E-state index is -0.191. The third-order valence-corrected chi connectivity index (χ3v) is 4.28. The van der Waals surface area contributed by atoms with Gasteiger partial charge in [0.05, 0.1) is 12.0 Å². The average molecular weight is 331 g/mol. The number of ketones is 1. The Morgan fingerprint density at radius 2 is 1.90 bits per heavy atom. The van der Waals surface area contributed by atoms with Crippen molar-refractivity contribution in [1.29, 1.82) is 0 Å². The molecule has 20 heavy (non-hydrogen) atoms. The van der Waals surface area contributed by atoms with Crippen LogP contribution in [0.1, 0.15) is 39.6 Å². The Balaban J connectivity index is 1.98. The molecular weight excluding hydrogens is 316 g/mol. The highest BCUT2D eigenvalue weighted by Gasteiger charge is 2.27. The Labute approximate surface area is 126 Å². The van der Waals surface area contributed by atoms with Gasteiger partial charge < -0.3 is 4.74 Å². The van der Waals surface area contributed by atoms with Crippen molar-refractivity contribution in [2.45, 2.75) is 26.4 Å². The molecular formula is C17H15BrO2. The highest BCUT2D eigenvalue weighted by molar-refractivity contribution is 9.10. The van der Waals surface area contributed by atoms with Crippen molar-refractivity contribution in [3.05, 3.63) is 63.1 Å². The van der Waals surface area contributed by atoms with Crippen LogP contribution in [0.15, 0.2) is 40.9 Å². The van der Waals surface area contributed by atoms with Crippen molar-refractivity contribution >= 4 is 21.7 Å². The van der Waals surface area contributed by atoms with E-state index in [0.717, 1.165) is 10.0 Å². The van der Waals surface area contributed by atoms with Gasteiger partial charge >= 0.3 is 0 Å². The topological polar surface area (TPSA) is 26.3 Å². The van der Waals surface area contributed by atoms with E-state index in [9.17, 15) is 4.79 Å². The van der Waals surface area contributed by atoms with Crippen molar-refractivity contribution < 1.29 is 9.53 Å². The van der Waals surface area contributed by atoms with E-state index in [1.54, 1.807) is 0 Å². The number of Topliss-reactive ketones (excluding diaryl/α,β-unsaturated/α-hetero) is 1. The quantitative estimate of drug-likeness (QED) is 0.752. The van der Waals surface area contributed by atoms with E-state index in [2.05, 4.69) is 41.9 Å². The van der Waals surface area contributed by atoms with E-state index in [-0.39, 0.29) is 11.9 Å². The lowest BCUT2D eigenvalue weighted by atomic mass is 9.94. The highest BCUT2D eigenvalue weighted by Crippen LogP contribution is 2.36. The molecule has 1 atom stereocenters. The molecule has 2 aromatic carbocycles. The molecule has 0 amide bonds. The van der Waals surface area contributed by atoms with Gasteiger partial charge in [0.25, 0.3) is 0 Å². The largest absolute Gasteiger partial charge is 0.484 e. The van der Waals surface area contributed by atoms with Crippen molar-refractivity contribution in [3.63, 3.8) is 0 Å². The molecule has 1 unspecified atom stereocenters. The van der Waals surface area contributed by atoms with Crippen molar-refractivity contribution in [2.24, 2.45) is 0 Å². The fourth-order valence-electron chi connectivity index (χ4n) is 2.45. The van der Waals surface area contributed by atoms with Gasteiger partial charge in [-0.05, 0) is 48.7 Å². The molecule has 0 aliphatic carbocycles. The van der Waals surface area contributed by atoms with Crippen LogP contribution in [-0.4, -0.2) is 5.78 Å². The molecule has 0 radical (unpaired) electrons. The summed E-state index contributed by atoms with van der Waals surface area (Å²) in [5.41, 5.74) is 4.21. The second-order valence-corrected chi connectivity index (χ2v) is 6.13. The van der Waals surface area contributed by atoms with Crippen LogP contribution in [0, 0.1) is 13.8 Å². The minimum absolute atomic E-state index is 0.141. The SMILES string of the molecule is Cc1ccc(C2CC(=O)c3ccc(Br)cc3O2)cc1C. The molecule has 1 aliphatic heterocycles. The molecule has 2 aromatic rings. The summed E-state index contributed by atoms with van der Waals surface area (Å²) in [6.07, 6.45) is 0.209. The van der Waals surface area contributed by atoms with E-state index in [1.807, 2.05) is 24.3 Å². The number of aryl methyl sites for hydroxylation is 2. The van der Waals surface area contributed by atoms with Gasteiger partial charge in [-0.25, -0.2) is 0 Å². The standard InChI is InChI=1S/C17H15BrO2/c1-10-3-4-12(7-11(10)2)16-9-15(19)14-6-5-13(18)8-17(14)20-16/h3-8,16H,9H2,1-2H3. The number of ether oxygens (including phenoxy) is 1. The molecule has 102 valence electrons. The molecule has 3 rings (SSSR count). The molecule has 0 N–H and O–H groups in total. The minimum Gasteiger partial charge on any atom is -0.484 e. The molecule has 1 aliphatic rings. The number of benzene rings is 2. The molecule has 0 bridgehead atoms. The number of hydrogen-bond acceptors (Lipinski definition) is 2. The van der Waals surface area contributed by atoms with E-state index in [4.69, 9.17) is 4.74 Å². The highest BCUT2D eigenvalue weighted by atomic mass is 79.9. The summed E-state index contributed by atoms with van der Waals surface area (Å²) in [6.45, 7) is 4.16. The molecule has 0 fully saturated rings. The summed E-state index contributed by atoms with van der Waals surface area (Å²) in [4.78, 5) is 12.2. The van der Waals surface area contributed by atoms with Crippen LogP contribution >= 0.6 is 15.9 Å². The van der Waals surface area contributed by atoms with Gasteiger partial charge in [-0.2, -0.15) is 0 Å². The van der Waals surface area contributed by atoms with Gasteiger partial charge in [0.15, 0.2) is 5.78 Å². The first kappa shape index (κ1) is 13.4. The van der Waals surface area contributed by atoms with Crippen LogP contribution in [0.5, 0.6) is 5.75 Å². The van der Waals surface area contributed by atoms with Crippen molar-refractivity contribution in [1.82, 2.24) is 0 Å². The van der Waals surface area contributed by atoms with Crippen LogP contribution in [-0.2, 0) is 0 Å². The first-order chi connectivity index (χ1) is 9.54. The van der Waals surface area contributed by atoms with Gasteiger partial charge in [0, 0.05) is 4.47 Å². The Bertz CT molecular complexity index is 691. The normalized spacial score (nSPS) is 17.6. The number of carbonyl (C=O) groups is 1. The van der Waals surface area contributed by atoms with Gasteiger partial charge in [0.1, 0.15) is 11.9 Å². The number of rotatable bonds is 1.